The second-order valence-corrected chi connectivity index (χ2v) is 4.15. The second kappa shape index (κ2) is 9.53. The molecule has 1 aromatic rings. The Labute approximate surface area is 134 Å². The highest BCUT2D eigenvalue weighted by Crippen LogP contribution is 2.13. The fourth-order valence-electron chi connectivity index (χ4n) is 1.68. The second-order valence-electron chi connectivity index (χ2n) is 4.15. The maximum atomic E-state index is 8.82. The summed E-state index contributed by atoms with van der Waals surface area (Å²) < 4.78 is 0. The van der Waals surface area contributed by atoms with Crippen LogP contribution in [-0.4, -0.2) is 31.4 Å². The summed E-state index contributed by atoms with van der Waals surface area (Å²) in [5, 5.41) is 27.5. The van der Waals surface area contributed by atoms with Crippen LogP contribution < -0.4 is 5.32 Å². The molecular formula is C15H16N6O2. The molecule has 1 aromatic carbocycles. The van der Waals surface area contributed by atoms with Crippen LogP contribution in [0.15, 0.2) is 39.6 Å². The molecule has 0 aliphatic carbocycles. The lowest BCUT2D eigenvalue weighted by Crippen LogP contribution is -2.29. The summed E-state index contributed by atoms with van der Waals surface area (Å²) in [5.41, 5.74) is 1.99. The summed E-state index contributed by atoms with van der Waals surface area (Å²) in [4.78, 5) is 14.0. The highest BCUT2D eigenvalue weighted by Gasteiger charge is 2.16. The van der Waals surface area contributed by atoms with Gasteiger partial charge in [0, 0.05) is 18.2 Å². The van der Waals surface area contributed by atoms with Gasteiger partial charge in [0.1, 0.15) is 19.8 Å². The van der Waals surface area contributed by atoms with Crippen molar-refractivity contribution in [1.29, 1.82) is 10.5 Å². The Balaban J connectivity index is 3.17. The van der Waals surface area contributed by atoms with Crippen LogP contribution in [0.2, 0.25) is 0 Å². The van der Waals surface area contributed by atoms with Crippen LogP contribution in [0, 0.1) is 22.8 Å². The molecule has 0 bridgehead atoms. The number of aliphatic imine (C=N–C) groups is 1. The topological polar surface area (TPSA) is 115 Å². The summed E-state index contributed by atoms with van der Waals surface area (Å²) in [6.45, 7) is 1.67. The van der Waals surface area contributed by atoms with Crippen LogP contribution in [0.1, 0.15) is 18.1 Å². The Bertz CT molecular complexity index is 709. The lowest BCUT2D eigenvalue weighted by molar-refractivity contribution is 0.130. The molecule has 0 amide bonds. The van der Waals surface area contributed by atoms with Crippen LogP contribution >= 0.6 is 0 Å². The van der Waals surface area contributed by atoms with Gasteiger partial charge in [-0.1, -0.05) is 34.6 Å². The maximum Gasteiger partial charge on any atom is 0.182 e. The minimum absolute atomic E-state index is 0.126. The van der Waals surface area contributed by atoms with Crippen LogP contribution in [0.5, 0.6) is 0 Å². The zero-order valence-electron chi connectivity index (χ0n) is 13.1. The zero-order valence-corrected chi connectivity index (χ0v) is 13.1. The predicted molar refractivity (Wildman–Crippen MR) is 85.6 cm³/mol. The van der Waals surface area contributed by atoms with Gasteiger partial charge >= 0.3 is 0 Å². The number of rotatable bonds is 6. The fourth-order valence-corrected chi connectivity index (χ4v) is 1.68. The molecule has 8 nitrogen and oxygen atoms in total. The molecule has 1 N–H and O–H groups in total. The van der Waals surface area contributed by atoms with E-state index in [9.17, 15) is 0 Å². The lowest BCUT2D eigenvalue weighted by atomic mass is 10.0. The molecular weight excluding hydrogens is 296 g/mol. The molecule has 118 valence electrons. The van der Waals surface area contributed by atoms with Crippen molar-refractivity contribution < 1.29 is 9.68 Å². The van der Waals surface area contributed by atoms with E-state index in [1.165, 1.54) is 14.2 Å². The molecule has 0 unspecified atom stereocenters. The van der Waals surface area contributed by atoms with Crippen molar-refractivity contribution in [2.45, 2.75) is 13.5 Å². The molecule has 1 rings (SSSR count). The van der Waals surface area contributed by atoms with E-state index >= 15 is 0 Å². The van der Waals surface area contributed by atoms with Crippen molar-refractivity contribution in [3.63, 3.8) is 0 Å². The van der Waals surface area contributed by atoms with Crippen LogP contribution in [-0.2, 0) is 16.3 Å². The molecule has 0 heterocycles. The summed E-state index contributed by atoms with van der Waals surface area (Å²) in [6.07, 6.45) is 1.81. The van der Waals surface area contributed by atoms with Gasteiger partial charge < -0.3 is 9.68 Å². The number of hydrogen-bond donors (Lipinski definition) is 1. The minimum atomic E-state index is 0.126. The Kier molecular flexibility index (Phi) is 7.32. The van der Waals surface area contributed by atoms with Crippen molar-refractivity contribution >= 4 is 17.3 Å². The molecule has 0 aliphatic heterocycles. The number of oxime groups is 2. The van der Waals surface area contributed by atoms with Gasteiger partial charge in [0.15, 0.2) is 23.5 Å². The summed E-state index contributed by atoms with van der Waals surface area (Å²) in [6, 6.07) is 9.12. The van der Waals surface area contributed by atoms with Gasteiger partial charge in [0.25, 0.3) is 0 Å². The molecule has 0 aromatic heterocycles. The third-order valence-electron chi connectivity index (χ3n) is 2.66. The SMILES string of the molecule is CN=C(NC#N)C(=NOC)c1ccccc1CO/N=C(\C)C#N. The number of nitriles is 2. The quantitative estimate of drug-likeness (QED) is 0.281. The largest absolute Gasteiger partial charge is 0.399 e. The van der Waals surface area contributed by atoms with Crippen LogP contribution in [0.3, 0.4) is 0 Å². The van der Waals surface area contributed by atoms with Crippen molar-refractivity contribution in [2.24, 2.45) is 15.3 Å². The maximum absolute atomic E-state index is 8.82. The first-order chi connectivity index (χ1) is 11.2. The number of hydrogen-bond acceptors (Lipinski definition) is 7. The average molecular weight is 312 g/mol. The van der Waals surface area contributed by atoms with Crippen molar-refractivity contribution in [1.82, 2.24) is 5.32 Å². The Morgan fingerprint density at radius 2 is 2.00 bits per heavy atom. The van der Waals surface area contributed by atoms with E-state index in [0.717, 1.165) is 5.56 Å². The molecule has 0 aliphatic rings. The lowest BCUT2D eigenvalue weighted by Gasteiger charge is -2.11. The van der Waals surface area contributed by atoms with Gasteiger partial charge in [0.05, 0.1) is 0 Å². The van der Waals surface area contributed by atoms with E-state index in [1.54, 1.807) is 19.2 Å². The molecule has 0 fully saturated rings. The predicted octanol–water partition coefficient (Wildman–Crippen LogP) is 1.55. The third-order valence-corrected chi connectivity index (χ3v) is 2.66. The average Bonchev–Trinajstić information content (AvgIpc) is 2.58. The van der Waals surface area contributed by atoms with E-state index in [2.05, 4.69) is 20.6 Å². The first-order valence-electron chi connectivity index (χ1n) is 6.56. The smallest absolute Gasteiger partial charge is 0.182 e. The first-order valence-corrected chi connectivity index (χ1v) is 6.56. The number of nitrogens with one attached hydrogen (secondary N) is 1. The number of nitrogens with zero attached hydrogens (tertiary/aromatic N) is 5. The molecule has 23 heavy (non-hydrogen) atoms. The van der Waals surface area contributed by atoms with E-state index in [0.29, 0.717) is 11.3 Å². The zero-order chi connectivity index (χ0) is 17.1. The monoisotopic (exact) mass is 312 g/mol. The van der Waals surface area contributed by atoms with Crippen molar-refractivity contribution in [2.75, 3.05) is 14.2 Å². The van der Waals surface area contributed by atoms with Crippen LogP contribution in [0.25, 0.3) is 0 Å². The van der Waals surface area contributed by atoms with Crippen molar-refractivity contribution in [3.8, 4) is 12.3 Å². The van der Waals surface area contributed by atoms with E-state index in [1.807, 2.05) is 24.3 Å². The standard InChI is InChI=1S/C15H16N6O2/c1-11(8-16)20-23-9-12-6-4-5-7-13(12)14(21-22-3)15(18-2)19-10-17/h4-7H,9H2,1-3H3,(H,18,19)/b20-11+,21-14?. The molecule has 0 saturated heterocycles. The Morgan fingerprint density at radius 1 is 1.26 bits per heavy atom. The molecule has 0 spiro atoms. The number of amidine groups is 1. The summed E-state index contributed by atoms with van der Waals surface area (Å²) in [7, 11) is 2.93. The summed E-state index contributed by atoms with van der Waals surface area (Å²) >= 11 is 0. The van der Waals surface area contributed by atoms with E-state index < -0.39 is 0 Å². The molecule has 0 radical (unpaired) electrons. The van der Waals surface area contributed by atoms with E-state index in [-0.39, 0.29) is 18.2 Å². The molecule has 8 heteroatoms. The highest BCUT2D eigenvalue weighted by atomic mass is 16.6. The minimum Gasteiger partial charge on any atom is -0.399 e. The van der Waals surface area contributed by atoms with Gasteiger partial charge in [-0.25, -0.2) is 0 Å². The van der Waals surface area contributed by atoms with Gasteiger partial charge in [-0.15, -0.1) is 0 Å². The fraction of sp³-hybridized carbons (Fsp3) is 0.267. The van der Waals surface area contributed by atoms with E-state index in [4.69, 9.17) is 20.2 Å². The Morgan fingerprint density at radius 3 is 2.61 bits per heavy atom. The molecule has 0 saturated carbocycles. The van der Waals surface area contributed by atoms with Gasteiger partial charge in [0.2, 0.25) is 0 Å². The van der Waals surface area contributed by atoms with Gasteiger partial charge in [-0.05, 0) is 6.92 Å². The Hall–Kier alpha value is -3.39. The highest BCUT2D eigenvalue weighted by molar-refractivity contribution is 6.48. The molecule has 0 atom stereocenters. The summed E-state index contributed by atoms with van der Waals surface area (Å²) in [5.74, 6) is 0.263. The third kappa shape index (κ3) is 5.14. The number of benzene rings is 1. The first kappa shape index (κ1) is 17.7. The van der Waals surface area contributed by atoms with Crippen molar-refractivity contribution in [3.05, 3.63) is 35.4 Å². The van der Waals surface area contributed by atoms with Gasteiger partial charge in [-0.2, -0.15) is 10.5 Å². The van der Waals surface area contributed by atoms with Gasteiger partial charge in [-0.3, -0.25) is 10.3 Å². The van der Waals surface area contributed by atoms with Crippen LogP contribution in [0.4, 0.5) is 0 Å². The normalized spacial score (nSPS) is 12.1.